The zero-order valence-corrected chi connectivity index (χ0v) is 15.1. The summed E-state index contributed by atoms with van der Waals surface area (Å²) in [6.07, 6.45) is 0.904. The molecule has 2 N–H and O–H groups in total. The van der Waals surface area contributed by atoms with Gasteiger partial charge in [-0.1, -0.05) is 18.2 Å². The molecule has 2 aromatic carbocycles. The van der Waals surface area contributed by atoms with E-state index in [1.807, 2.05) is 36.4 Å². The first-order valence-corrected chi connectivity index (χ1v) is 8.69. The first-order valence-electron chi connectivity index (χ1n) is 8.69. The van der Waals surface area contributed by atoms with Crippen molar-refractivity contribution in [2.45, 2.75) is 20.3 Å². The van der Waals surface area contributed by atoms with Crippen molar-refractivity contribution in [3.05, 3.63) is 65.4 Å². The van der Waals surface area contributed by atoms with Crippen LogP contribution in [0.15, 0.2) is 48.5 Å². The maximum absolute atomic E-state index is 12.4. The molecule has 0 aliphatic carbocycles. The minimum atomic E-state index is -0.0116. The molecule has 4 heteroatoms. The molecule has 0 spiro atoms. The van der Waals surface area contributed by atoms with Crippen LogP contribution >= 0.6 is 0 Å². The van der Waals surface area contributed by atoms with Gasteiger partial charge in [-0.05, 0) is 56.2 Å². The Morgan fingerprint density at radius 2 is 1.88 bits per heavy atom. The van der Waals surface area contributed by atoms with Crippen LogP contribution in [0.4, 0.5) is 5.69 Å². The fraction of sp³-hybridized carbons (Fsp3) is 0.286. The van der Waals surface area contributed by atoms with Gasteiger partial charge in [-0.2, -0.15) is 0 Å². The van der Waals surface area contributed by atoms with Gasteiger partial charge in [0.1, 0.15) is 0 Å². The Morgan fingerprint density at radius 3 is 2.64 bits per heavy atom. The van der Waals surface area contributed by atoms with Crippen LogP contribution in [0.5, 0.6) is 0 Å². The van der Waals surface area contributed by atoms with Crippen LogP contribution in [-0.4, -0.2) is 31.0 Å². The van der Waals surface area contributed by atoms with Crippen LogP contribution in [0, 0.1) is 13.8 Å². The summed E-state index contributed by atoms with van der Waals surface area (Å²) in [6, 6.07) is 16.1. The lowest BCUT2D eigenvalue weighted by Gasteiger charge is -2.19. The van der Waals surface area contributed by atoms with Crippen molar-refractivity contribution < 1.29 is 4.79 Å². The number of para-hydroxylation sites is 1. The summed E-state index contributed by atoms with van der Waals surface area (Å²) in [5.74, 6) is -0.0116. The molecule has 1 heterocycles. The molecule has 0 unspecified atom stereocenters. The fourth-order valence-electron chi connectivity index (χ4n) is 3.03. The Labute approximate surface area is 148 Å². The number of aromatic nitrogens is 1. The molecule has 0 atom stereocenters. The molecule has 0 aliphatic heterocycles. The molecule has 0 bridgehead atoms. The lowest BCUT2D eigenvalue weighted by Crippen LogP contribution is -2.28. The second-order valence-corrected chi connectivity index (χ2v) is 6.50. The van der Waals surface area contributed by atoms with Gasteiger partial charge in [-0.3, -0.25) is 4.79 Å². The normalized spacial score (nSPS) is 10.8. The van der Waals surface area contributed by atoms with E-state index in [1.165, 1.54) is 11.3 Å². The van der Waals surface area contributed by atoms with Crippen molar-refractivity contribution in [2.24, 2.45) is 0 Å². The summed E-state index contributed by atoms with van der Waals surface area (Å²) >= 11 is 0. The van der Waals surface area contributed by atoms with E-state index < -0.39 is 0 Å². The Bertz CT molecular complexity index is 867. The van der Waals surface area contributed by atoms with E-state index in [0.29, 0.717) is 12.1 Å². The SMILES string of the molecule is Cc1[nH]c2ccc(C(=O)NCCCN(C)c3ccccc3)cc2c1C. The van der Waals surface area contributed by atoms with Crippen LogP contribution in [0.1, 0.15) is 28.0 Å². The van der Waals surface area contributed by atoms with E-state index in [2.05, 4.69) is 48.2 Å². The predicted molar refractivity (Wildman–Crippen MR) is 104 cm³/mol. The van der Waals surface area contributed by atoms with Crippen LogP contribution in [0.25, 0.3) is 10.9 Å². The Hall–Kier alpha value is -2.75. The van der Waals surface area contributed by atoms with E-state index in [9.17, 15) is 4.79 Å². The molecule has 3 rings (SSSR count). The number of carbonyl (C=O) groups excluding carboxylic acids is 1. The third-order valence-electron chi connectivity index (χ3n) is 4.72. The maximum Gasteiger partial charge on any atom is 0.251 e. The number of aryl methyl sites for hydroxylation is 2. The van der Waals surface area contributed by atoms with E-state index in [4.69, 9.17) is 0 Å². The van der Waals surface area contributed by atoms with Crippen LogP contribution in [0.2, 0.25) is 0 Å². The average molecular weight is 335 g/mol. The van der Waals surface area contributed by atoms with Crippen molar-refractivity contribution in [1.29, 1.82) is 0 Å². The highest BCUT2D eigenvalue weighted by Gasteiger charge is 2.09. The van der Waals surface area contributed by atoms with Gasteiger partial charge in [0.2, 0.25) is 0 Å². The van der Waals surface area contributed by atoms with Crippen molar-refractivity contribution in [3.63, 3.8) is 0 Å². The van der Waals surface area contributed by atoms with Crippen molar-refractivity contribution in [2.75, 3.05) is 25.0 Å². The molecule has 0 radical (unpaired) electrons. The summed E-state index contributed by atoms with van der Waals surface area (Å²) in [4.78, 5) is 17.9. The van der Waals surface area contributed by atoms with Gasteiger partial charge in [0.05, 0.1) is 0 Å². The lowest BCUT2D eigenvalue weighted by atomic mass is 10.1. The quantitative estimate of drug-likeness (QED) is 0.668. The topological polar surface area (TPSA) is 48.1 Å². The summed E-state index contributed by atoms with van der Waals surface area (Å²) in [6.45, 7) is 5.70. The minimum absolute atomic E-state index is 0.0116. The molecular weight excluding hydrogens is 310 g/mol. The highest BCUT2D eigenvalue weighted by Crippen LogP contribution is 2.22. The summed E-state index contributed by atoms with van der Waals surface area (Å²) < 4.78 is 0. The van der Waals surface area contributed by atoms with Crippen LogP contribution < -0.4 is 10.2 Å². The Balaban J connectivity index is 1.53. The number of amides is 1. The second-order valence-electron chi connectivity index (χ2n) is 6.50. The smallest absolute Gasteiger partial charge is 0.251 e. The second kappa shape index (κ2) is 7.43. The number of fused-ring (bicyclic) bond motifs is 1. The molecular formula is C21H25N3O. The van der Waals surface area contributed by atoms with E-state index in [1.54, 1.807) is 0 Å². The summed E-state index contributed by atoms with van der Waals surface area (Å²) in [5, 5.41) is 4.14. The third-order valence-corrected chi connectivity index (χ3v) is 4.72. The maximum atomic E-state index is 12.4. The van der Waals surface area contributed by atoms with E-state index >= 15 is 0 Å². The van der Waals surface area contributed by atoms with E-state index in [-0.39, 0.29) is 5.91 Å². The Kier molecular flexibility index (Phi) is 5.08. The monoisotopic (exact) mass is 335 g/mol. The first-order chi connectivity index (χ1) is 12.1. The molecule has 0 saturated heterocycles. The predicted octanol–water partition coefficient (Wildman–Crippen LogP) is 4.04. The van der Waals surface area contributed by atoms with Gasteiger partial charge < -0.3 is 15.2 Å². The molecule has 1 aromatic heterocycles. The number of carbonyl (C=O) groups is 1. The van der Waals surface area contributed by atoms with Gasteiger partial charge in [0, 0.05) is 48.0 Å². The highest BCUT2D eigenvalue weighted by molar-refractivity contribution is 5.99. The number of hydrogen-bond acceptors (Lipinski definition) is 2. The molecule has 0 fully saturated rings. The van der Waals surface area contributed by atoms with Crippen molar-refractivity contribution in [1.82, 2.24) is 10.3 Å². The van der Waals surface area contributed by atoms with Crippen LogP contribution in [-0.2, 0) is 0 Å². The van der Waals surface area contributed by atoms with Crippen LogP contribution in [0.3, 0.4) is 0 Å². The zero-order chi connectivity index (χ0) is 17.8. The first kappa shape index (κ1) is 17.1. The average Bonchev–Trinajstić information content (AvgIpc) is 2.93. The number of anilines is 1. The lowest BCUT2D eigenvalue weighted by molar-refractivity contribution is 0.0953. The molecule has 0 aliphatic rings. The number of rotatable bonds is 6. The molecule has 1 amide bonds. The minimum Gasteiger partial charge on any atom is -0.375 e. The largest absolute Gasteiger partial charge is 0.375 e. The van der Waals surface area contributed by atoms with Gasteiger partial charge in [0.15, 0.2) is 0 Å². The molecule has 130 valence electrons. The number of benzene rings is 2. The van der Waals surface area contributed by atoms with Gasteiger partial charge in [0.25, 0.3) is 5.91 Å². The standard InChI is InChI=1S/C21H25N3O/c1-15-16(2)23-20-11-10-17(14-19(15)20)21(25)22-12-7-13-24(3)18-8-5-4-6-9-18/h4-6,8-11,14,23H,7,12-13H2,1-3H3,(H,22,25). The molecule has 0 saturated carbocycles. The van der Waals surface area contributed by atoms with Gasteiger partial charge in [-0.15, -0.1) is 0 Å². The summed E-state index contributed by atoms with van der Waals surface area (Å²) in [5.41, 5.74) is 5.34. The van der Waals surface area contributed by atoms with Gasteiger partial charge in [-0.25, -0.2) is 0 Å². The molecule has 25 heavy (non-hydrogen) atoms. The number of hydrogen-bond donors (Lipinski definition) is 2. The number of nitrogens with zero attached hydrogens (tertiary/aromatic N) is 1. The van der Waals surface area contributed by atoms with Gasteiger partial charge >= 0.3 is 0 Å². The van der Waals surface area contributed by atoms with Crippen molar-refractivity contribution in [3.8, 4) is 0 Å². The number of nitrogens with one attached hydrogen (secondary N) is 2. The zero-order valence-electron chi connectivity index (χ0n) is 15.1. The molecule has 3 aromatic rings. The highest BCUT2D eigenvalue weighted by atomic mass is 16.1. The third kappa shape index (κ3) is 3.85. The van der Waals surface area contributed by atoms with Crippen molar-refractivity contribution >= 4 is 22.5 Å². The fourth-order valence-corrected chi connectivity index (χ4v) is 3.03. The summed E-state index contributed by atoms with van der Waals surface area (Å²) in [7, 11) is 2.07. The number of aromatic amines is 1. The molecule has 4 nitrogen and oxygen atoms in total. The van der Waals surface area contributed by atoms with E-state index in [0.717, 1.165) is 29.6 Å². The number of H-pyrrole nitrogens is 1. The Morgan fingerprint density at radius 1 is 1.12 bits per heavy atom.